The summed E-state index contributed by atoms with van der Waals surface area (Å²) in [6.45, 7) is 3.85. The summed E-state index contributed by atoms with van der Waals surface area (Å²) in [6.07, 6.45) is 4.60. The second kappa shape index (κ2) is 6.43. The molecule has 1 aliphatic heterocycles. The van der Waals surface area contributed by atoms with Gasteiger partial charge in [0.15, 0.2) is 5.58 Å². The smallest absolute Gasteiger partial charge is 0.298 e. The average molecular weight is 328 g/mol. The molecule has 0 atom stereocenters. The van der Waals surface area contributed by atoms with E-state index in [0.717, 1.165) is 50.1 Å². The number of anilines is 1. The number of amides is 1. The van der Waals surface area contributed by atoms with Crippen LogP contribution in [0.2, 0.25) is 0 Å². The van der Waals surface area contributed by atoms with E-state index in [9.17, 15) is 4.79 Å². The molecule has 2 fully saturated rings. The fraction of sp³-hybridized carbons (Fsp3) is 0.556. The first kappa shape index (κ1) is 15.4. The van der Waals surface area contributed by atoms with Crippen LogP contribution < -0.4 is 10.2 Å². The Morgan fingerprint density at radius 2 is 1.96 bits per heavy atom. The predicted octanol–water partition coefficient (Wildman–Crippen LogP) is 2.25. The Hall–Kier alpha value is -2.08. The van der Waals surface area contributed by atoms with Crippen LogP contribution in [0.1, 0.15) is 36.0 Å². The van der Waals surface area contributed by atoms with Gasteiger partial charge in [-0.1, -0.05) is 12.8 Å². The third-order valence-corrected chi connectivity index (χ3v) is 5.10. The van der Waals surface area contributed by atoms with Crippen molar-refractivity contribution in [3.8, 4) is 0 Å². The molecule has 0 radical (unpaired) electrons. The fourth-order valence-corrected chi connectivity index (χ4v) is 3.53. The van der Waals surface area contributed by atoms with E-state index in [2.05, 4.69) is 27.1 Å². The molecule has 6 nitrogen and oxygen atoms in total. The molecule has 2 aliphatic rings. The summed E-state index contributed by atoms with van der Waals surface area (Å²) in [5.74, 6) is -0.00653. The van der Waals surface area contributed by atoms with E-state index in [4.69, 9.17) is 4.42 Å². The number of nitrogens with zero attached hydrogens (tertiary/aromatic N) is 3. The Balaban J connectivity index is 1.51. The lowest BCUT2D eigenvalue weighted by Crippen LogP contribution is -2.44. The quantitative estimate of drug-likeness (QED) is 0.936. The van der Waals surface area contributed by atoms with E-state index in [-0.39, 0.29) is 5.91 Å². The maximum absolute atomic E-state index is 12.4. The number of piperazine rings is 1. The van der Waals surface area contributed by atoms with Crippen molar-refractivity contribution in [1.82, 2.24) is 15.2 Å². The number of nitrogens with one attached hydrogen (secondary N) is 1. The van der Waals surface area contributed by atoms with Crippen molar-refractivity contribution in [2.45, 2.75) is 31.7 Å². The first-order chi connectivity index (χ1) is 11.7. The Morgan fingerprint density at radius 1 is 1.21 bits per heavy atom. The SMILES string of the molecule is CN1CCN(c2nc3cc(C(=O)NC4CCCC4)ccc3o2)CC1. The highest BCUT2D eigenvalue weighted by Crippen LogP contribution is 2.24. The summed E-state index contributed by atoms with van der Waals surface area (Å²) in [6, 6.07) is 6.50. The van der Waals surface area contributed by atoms with Gasteiger partial charge in [0.2, 0.25) is 0 Å². The van der Waals surface area contributed by atoms with Crippen molar-refractivity contribution in [1.29, 1.82) is 0 Å². The van der Waals surface area contributed by atoms with Gasteiger partial charge in [-0.25, -0.2) is 0 Å². The normalized spacial score (nSPS) is 20.0. The van der Waals surface area contributed by atoms with E-state index in [1.165, 1.54) is 12.8 Å². The molecule has 2 aromatic rings. The fourth-order valence-electron chi connectivity index (χ4n) is 3.53. The molecular weight excluding hydrogens is 304 g/mol. The van der Waals surface area contributed by atoms with Gasteiger partial charge in [0.1, 0.15) is 5.52 Å². The molecule has 1 aromatic heterocycles. The van der Waals surface area contributed by atoms with Crippen LogP contribution in [0.15, 0.2) is 22.6 Å². The van der Waals surface area contributed by atoms with Crippen LogP contribution >= 0.6 is 0 Å². The minimum Gasteiger partial charge on any atom is -0.423 e. The van der Waals surface area contributed by atoms with Crippen LogP contribution in [-0.2, 0) is 0 Å². The molecule has 1 amide bonds. The molecule has 1 aromatic carbocycles. The van der Waals surface area contributed by atoms with Gasteiger partial charge in [0.25, 0.3) is 11.9 Å². The highest BCUT2D eigenvalue weighted by atomic mass is 16.4. The molecule has 1 N–H and O–H groups in total. The van der Waals surface area contributed by atoms with Crippen molar-refractivity contribution in [2.24, 2.45) is 0 Å². The largest absolute Gasteiger partial charge is 0.423 e. The van der Waals surface area contributed by atoms with Gasteiger partial charge in [-0.2, -0.15) is 4.98 Å². The Morgan fingerprint density at radius 3 is 2.71 bits per heavy atom. The van der Waals surface area contributed by atoms with Crippen molar-refractivity contribution in [2.75, 3.05) is 38.1 Å². The lowest BCUT2D eigenvalue weighted by atomic mass is 10.1. The number of aromatic nitrogens is 1. The van der Waals surface area contributed by atoms with E-state index in [1.54, 1.807) is 0 Å². The topological polar surface area (TPSA) is 61.6 Å². The van der Waals surface area contributed by atoms with Gasteiger partial charge in [-0.05, 0) is 38.1 Å². The first-order valence-corrected chi connectivity index (χ1v) is 8.84. The number of hydrogen-bond acceptors (Lipinski definition) is 5. The van der Waals surface area contributed by atoms with Crippen molar-refractivity contribution in [3.63, 3.8) is 0 Å². The summed E-state index contributed by atoms with van der Waals surface area (Å²) < 4.78 is 5.88. The van der Waals surface area contributed by atoms with Gasteiger partial charge < -0.3 is 19.5 Å². The number of carbonyl (C=O) groups is 1. The van der Waals surface area contributed by atoms with Crippen LogP contribution in [0.5, 0.6) is 0 Å². The van der Waals surface area contributed by atoms with E-state index in [1.807, 2.05) is 18.2 Å². The molecule has 0 bridgehead atoms. The zero-order valence-electron chi connectivity index (χ0n) is 14.1. The van der Waals surface area contributed by atoms with Crippen molar-refractivity contribution in [3.05, 3.63) is 23.8 Å². The van der Waals surface area contributed by atoms with Crippen molar-refractivity contribution < 1.29 is 9.21 Å². The van der Waals surface area contributed by atoms with Crippen LogP contribution in [0.25, 0.3) is 11.1 Å². The second-order valence-electron chi connectivity index (χ2n) is 6.92. The Labute approximate surface area is 141 Å². The predicted molar refractivity (Wildman–Crippen MR) is 93.4 cm³/mol. The zero-order valence-corrected chi connectivity index (χ0v) is 14.1. The number of carbonyl (C=O) groups excluding carboxylic acids is 1. The Kier molecular flexibility index (Phi) is 4.14. The maximum Gasteiger partial charge on any atom is 0.298 e. The molecule has 1 aliphatic carbocycles. The molecule has 2 heterocycles. The van der Waals surface area contributed by atoms with Crippen LogP contribution in [0.4, 0.5) is 6.01 Å². The highest BCUT2D eigenvalue weighted by molar-refractivity contribution is 5.97. The highest BCUT2D eigenvalue weighted by Gasteiger charge is 2.21. The van der Waals surface area contributed by atoms with Gasteiger partial charge >= 0.3 is 0 Å². The maximum atomic E-state index is 12.4. The van der Waals surface area contributed by atoms with Crippen LogP contribution in [0, 0.1) is 0 Å². The summed E-state index contributed by atoms with van der Waals surface area (Å²) in [5.41, 5.74) is 2.15. The molecule has 1 saturated carbocycles. The van der Waals surface area contributed by atoms with Crippen LogP contribution in [0.3, 0.4) is 0 Å². The molecular formula is C18H24N4O2. The minimum absolute atomic E-state index is 0.00653. The summed E-state index contributed by atoms with van der Waals surface area (Å²) >= 11 is 0. The number of benzene rings is 1. The van der Waals surface area contributed by atoms with E-state index >= 15 is 0 Å². The number of rotatable bonds is 3. The van der Waals surface area contributed by atoms with E-state index < -0.39 is 0 Å². The number of hydrogen-bond donors (Lipinski definition) is 1. The molecule has 0 unspecified atom stereocenters. The summed E-state index contributed by atoms with van der Waals surface area (Å²) in [7, 11) is 2.12. The zero-order chi connectivity index (χ0) is 16.5. The average Bonchev–Trinajstić information content (AvgIpc) is 3.23. The minimum atomic E-state index is -0.00653. The number of oxazole rings is 1. The van der Waals surface area contributed by atoms with Gasteiger partial charge in [-0.15, -0.1) is 0 Å². The molecule has 128 valence electrons. The third-order valence-electron chi connectivity index (χ3n) is 5.10. The summed E-state index contributed by atoms with van der Waals surface area (Å²) in [4.78, 5) is 21.5. The third kappa shape index (κ3) is 3.11. The number of likely N-dealkylation sites (N-methyl/N-ethyl adjacent to an activating group) is 1. The molecule has 1 saturated heterocycles. The lowest BCUT2D eigenvalue weighted by molar-refractivity contribution is 0.0938. The van der Waals surface area contributed by atoms with Gasteiger partial charge in [0.05, 0.1) is 0 Å². The van der Waals surface area contributed by atoms with Gasteiger partial charge in [0, 0.05) is 37.8 Å². The first-order valence-electron chi connectivity index (χ1n) is 8.84. The second-order valence-corrected chi connectivity index (χ2v) is 6.92. The Bertz CT molecular complexity index is 728. The standard InChI is InChI=1S/C18H24N4O2/c1-21-8-10-22(11-9-21)18-20-15-12-13(6-7-16(15)24-18)17(23)19-14-4-2-3-5-14/h6-7,12,14H,2-5,8-11H2,1H3,(H,19,23). The van der Waals surface area contributed by atoms with E-state index in [0.29, 0.717) is 17.6 Å². The molecule has 4 rings (SSSR count). The molecule has 6 heteroatoms. The van der Waals surface area contributed by atoms with Crippen LogP contribution in [-0.4, -0.2) is 55.1 Å². The number of fused-ring (bicyclic) bond motifs is 1. The molecule has 24 heavy (non-hydrogen) atoms. The monoisotopic (exact) mass is 328 g/mol. The molecule has 0 spiro atoms. The summed E-state index contributed by atoms with van der Waals surface area (Å²) in [5, 5.41) is 3.12. The van der Waals surface area contributed by atoms with Crippen molar-refractivity contribution >= 4 is 23.0 Å². The lowest BCUT2D eigenvalue weighted by Gasteiger charge is -2.31. The van der Waals surface area contributed by atoms with Gasteiger partial charge in [-0.3, -0.25) is 4.79 Å².